The minimum atomic E-state index is -0.250. The van der Waals surface area contributed by atoms with Crippen molar-refractivity contribution in [2.75, 3.05) is 7.11 Å². The third-order valence-corrected chi connectivity index (χ3v) is 3.61. The zero-order valence-corrected chi connectivity index (χ0v) is 14.4. The van der Waals surface area contributed by atoms with Crippen molar-refractivity contribution in [2.24, 2.45) is 7.05 Å². The van der Waals surface area contributed by atoms with Crippen LogP contribution in [0.5, 0.6) is 0 Å². The predicted octanol–water partition coefficient (Wildman–Crippen LogP) is 2.08. The minimum absolute atomic E-state index is 0.127. The first-order valence-electron chi connectivity index (χ1n) is 7.65. The highest BCUT2D eigenvalue weighted by Gasteiger charge is 2.11. The number of hydrogen-bond donors (Lipinski definition) is 1. The fourth-order valence-electron chi connectivity index (χ4n) is 2.36. The van der Waals surface area contributed by atoms with Crippen LogP contribution in [-0.4, -0.2) is 49.1 Å². The lowest BCUT2D eigenvalue weighted by Gasteiger charge is -2.13. The molecule has 3 rings (SSSR count). The van der Waals surface area contributed by atoms with Crippen molar-refractivity contribution in [1.29, 1.82) is 0 Å². The number of rotatable bonds is 5. The smallest absolute Gasteiger partial charge is 0.290 e. The zero-order valence-electron chi connectivity index (χ0n) is 14.4. The zero-order chi connectivity index (χ0) is 18.2. The maximum atomic E-state index is 8.36. The van der Waals surface area contributed by atoms with Gasteiger partial charge in [-0.2, -0.15) is 5.10 Å². The lowest BCUT2D eigenvalue weighted by molar-refractivity contribution is -0.122. The monoisotopic (exact) mass is 343 g/mol. The summed E-state index contributed by atoms with van der Waals surface area (Å²) >= 11 is 0. The maximum Gasteiger partial charge on any atom is 0.290 e. The first-order valence-corrected chi connectivity index (χ1v) is 7.65. The largest absolute Gasteiger partial charge is 0.483 e. The van der Waals surface area contributed by atoms with Gasteiger partial charge in [0, 0.05) is 61.8 Å². The lowest BCUT2D eigenvalue weighted by Crippen LogP contribution is -2.14. The van der Waals surface area contributed by atoms with Gasteiger partial charge >= 0.3 is 0 Å². The lowest BCUT2D eigenvalue weighted by atomic mass is 10.1. The van der Waals surface area contributed by atoms with E-state index in [0.717, 1.165) is 29.1 Å². The van der Waals surface area contributed by atoms with Gasteiger partial charge in [-0.25, -0.2) is 4.98 Å². The van der Waals surface area contributed by atoms with E-state index in [1.54, 1.807) is 18.0 Å². The number of aryl methyl sites for hydroxylation is 1. The van der Waals surface area contributed by atoms with E-state index in [2.05, 4.69) is 25.7 Å². The Kier molecular flexibility index (Phi) is 6.41. The van der Waals surface area contributed by atoms with Gasteiger partial charge in [0.05, 0.1) is 18.8 Å². The number of pyridine rings is 1. The van der Waals surface area contributed by atoms with Crippen LogP contribution in [-0.2, 0) is 23.1 Å². The van der Waals surface area contributed by atoms with Crippen LogP contribution in [0.3, 0.4) is 0 Å². The van der Waals surface area contributed by atoms with Crippen molar-refractivity contribution in [3.05, 3.63) is 43.2 Å². The highest BCUT2D eigenvalue weighted by molar-refractivity contribution is 5.67. The Balaban J connectivity index is 0.000000701. The van der Waals surface area contributed by atoms with Crippen molar-refractivity contribution in [3.63, 3.8) is 0 Å². The van der Waals surface area contributed by atoms with Gasteiger partial charge in [0.2, 0.25) is 0 Å². The van der Waals surface area contributed by atoms with Crippen LogP contribution in [0.25, 0.3) is 22.5 Å². The van der Waals surface area contributed by atoms with Gasteiger partial charge in [-0.05, 0) is 13.0 Å². The Morgan fingerprint density at radius 2 is 2.00 bits per heavy atom. The van der Waals surface area contributed by atoms with Crippen LogP contribution >= 0.6 is 0 Å². The molecule has 0 saturated carbocycles. The molecule has 0 radical (unpaired) electrons. The number of carbonyl (C=O) groups is 1. The van der Waals surface area contributed by atoms with Gasteiger partial charge < -0.3 is 14.4 Å². The standard InChI is InChI=1S/C16H19N5O.CH2O2/c1-12(22-3)10-21-5-4-18-16(21)14-6-13(7-17-8-14)15-9-19-20(2)11-15;2-1-3/h4-9,11-12H,10H2,1-3H3;1H,(H,2,3). The van der Waals surface area contributed by atoms with Crippen LogP contribution in [0, 0.1) is 0 Å². The summed E-state index contributed by atoms with van der Waals surface area (Å²) in [6.45, 7) is 2.54. The molecule has 0 fully saturated rings. The molecule has 0 aliphatic rings. The second-order valence-electron chi connectivity index (χ2n) is 5.42. The summed E-state index contributed by atoms with van der Waals surface area (Å²) in [7, 11) is 3.62. The Morgan fingerprint density at radius 3 is 2.64 bits per heavy atom. The first-order chi connectivity index (χ1) is 12.1. The molecule has 1 atom stereocenters. The van der Waals surface area contributed by atoms with Crippen molar-refractivity contribution < 1.29 is 14.6 Å². The van der Waals surface area contributed by atoms with Crippen molar-refractivity contribution >= 4 is 6.47 Å². The quantitative estimate of drug-likeness (QED) is 0.713. The van der Waals surface area contributed by atoms with E-state index in [1.165, 1.54) is 0 Å². The second kappa shape index (κ2) is 8.74. The van der Waals surface area contributed by atoms with Crippen molar-refractivity contribution in [3.8, 4) is 22.5 Å². The Morgan fingerprint density at radius 1 is 1.28 bits per heavy atom. The van der Waals surface area contributed by atoms with E-state index in [0.29, 0.717) is 0 Å². The molecule has 1 unspecified atom stereocenters. The van der Waals surface area contributed by atoms with Crippen LogP contribution in [0.2, 0.25) is 0 Å². The number of carboxylic acid groups (broad SMARTS) is 1. The summed E-state index contributed by atoms with van der Waals surface area (Å²) < 4.78 is 9.20. The summed E-state index contributed by atoms with van der Waals surface area (Å²) in [4.78, 5) is 17.2. The number of ether oxygens (including phenoxy) is 1. The summed E-state index contributed by atoms with van der Waals surface area (Å²) in [6, 6.07) is 2.08. The Bertz CT molecular complexity index is 812. The minimum Gasteiger partial charge on any atom is -0.483 e. The van der Waals surface area contributed by atoms with Crippen LogP contribution < -0.4 is 0 Å². The molecular weight excluding hydrogens is 322 g/mol. The number of nitrogens with zero attached hydrogens (tertiary/aromatic N) is 5. The fourth-order valence-corrected chi connectivity index (χ4v) is 2.36. The number of methoxy groups -OCH3 is 1. The second-order valence-corrected chi connectivity index (χ2v) is 5.42. The first kappa shape index (κ1) is 18.3. The topological polar surface area (TPSA) is 95.1 Å². The molecule has 3 heterocycles. The van der Waals surface area contributed by atoms with Crippen LogP contribution in [0.1, 0.15) is 6.92 Å². The van der Waals surface area contributed by atoms with Crippen LogP contribution in [0.15, 0.2) is 43.2 Å². The molecule has 0 aliphatic heterocycles. The van der Waals surface area contributed by atoms with E-state index in [-0.39, 0.29) is 12.6 Å². The third kappa shape index (κ3) is 4.74. The van der Waals surface area contributed by atoms with E-state index in [9.17, 15) is 0 Å². The SMILES string of the molecule is COC(C)Cn1ccnc1-c1cncc(-c2cnn(C)c2)c1.O=CO. The molecule has 0 bridgehead atoms. The van der Waals surface area contributed by atoms with Gasteiger partial charge in [-0.3, -0.25) is 14.5 Å². The Labute approximate surface area is 145 Å². The highest BCUT2D eigenvalue weighted by atomic mass is 16.5. The van der Waals surface area contributed by atoms with Gasteiger partial charge in [0.15, 0.2) is 0 Å². The Hall–Kier alpha value is -3.00. The molecular formula is C17H21N5O3. The van der Waals surface area contributed by atoms with E-state index in [1.807, 2.05) is 45.0 Å². The summed E-state index contributed by atoms with van der Waals surface area (Å²) in [6.07, 6.45) is 11.4. The maximum absolute atomic E-state index is 8.36. The molecule has 132 valence electrons. The van der Waals surface area contributed by atoms with Gasteiger partial charge in [-0.1, -0.05) is 0 Å². The normalized spacial score (nSPS) is 11.5. The predicted molar refractivity (Wildman–Crippen MR) is 92.8 cm³/mol. The number of hydrogen-bond acceptors (Lipinski definition) is 5. The molecule has 8 nitrogen and oxygen atoms in total. The van der Waals surface area contributed by atoms with Crippen molar-refractivity contribution in [1.82, 2.24) is 24.3 Å². The molecule has 1 N–H and O–H groups in total. The van der Waals surface area contributed by atoms with E-state index in [4.69, 9.17) is 14.6 Å². The molecule has 0 amide bonds. The molecule has 0 spiro atoms. The van der Waals surface area contributed by atoms with Crippen molar-refractivity contribution in [2.45, 2.75) is 19.6 Å². The summed E-state index contributed by atoms with van der Waals surface area (Å²) in [5.41, 5.74) is 3.05. The number of imidazole rings is 1. The molecule has 0 saturated heterocycles. The average molecular weight is 343 g/mol. The molecule has 3 aromatic heterocycles. The average Bonchev–Trinajstić information content (AvgIpc) is 3.24. The molecule has 3 aromatic rings. The molecule has 25 heavy (non-hydrogen) atoms. The van der Waals surface area contributed by atoms with Gasteiger partial charge in [0.25, 0.3) is 6.47 Å². The third-order valence-electron chi connectivity index (χ3n) is 3.61. The van der Waals surface area contributed by atoms with E-state index >= 15 is 0 Å². The molecule has 8 heteroatoms. The van der Waals surface area contributed by atoms with Gasteiger partial charge in [-0.15, -0.1) is 0 Å². The summed E-state index contributed by atoms with van der Waals surface area (Å²) in [5, 5.41) is 11.1. The fraction of sp³-hybridized carbons (Fsp3) is 0.294. The molecule has 0 aliphatic carbocycles. The summed E-state index contributed by atoms with van der Waals surface area (Å²) in [5.74, 6) is 0.891. The highest BCUT2D eigenvalue weighted by Crippen LogP contribution is 2.24. The van der Waals surface area contributed by atoms with Gasteiger partial charge in [0.1, 0.15) is 5.82 Å². The van der Waals surface area contributed by atoms with E-state index < -0.39 is 0 Å². The van der Waals surface area contributed by atoms with Crippen LogP contribution in [0.4, 0.5) is 0 Å². The number of aromatic nitrogens is 5. The molecule has 0 aromatic carbocycles.